The number of thioether (sulfide) groups is 1. The van der Waals surface area contributed by atoms with Crippen LogP contribution in [0, 0.1) is 5.92 Å². The maximum Gasteiger partial charge on any atom is 0.441 e. The lowest BCUT2D eigenvalue weighted by Gasteiger charge is -2.04. The van der Waals surface area contributed by atoms with Gasteiger partial charge in [-0.3, -0.25) is 4.68 Å². The monoisotopic (exact) mass is 280 g/mol. The second-order valence-corrected chi connectivity index (χ2v) is 5.50. The Morgan fingerprint density at radius 3 is 2.89 bits per heavy atom. The number of nitrogens with zero attached hydrogens (tertiary/aromatic N) is 3. The second-order valence-electron chi connectivity index (χ2n) is 4.34. The molecule has 0 saturated heterocycles. The van der Waals surface area contributed by atoms with Crippen LogP contribution in [0.4, 0.5) is 13.2 Å². The topological polar surface area (TPSA) is 42.7 Å². The van der Waals surface area contributed by atoms with Crippen molar-refractivity contribution in [2.75, 3.05) is 12.3 Å². The van der Waals surface area contributed by atoms with Crippen LogP contribution in [-0.2, 0) is 13.1 Å². The average molecular weight is 280 g/mol. The molecule has 1 aromatic rings. The number of aryl methyl sites for hydroxylation is 1. The van der Waals surface area contributed by atoms with Crippen molar-refractivity contribution in [1.82, 2.24) is 20.3 Å². The van der Waals surface area contributed by atoms with Crippen LogP contribution >= 0.6 is 11.8 Å². The van der Waals surface area contributed by atoms with Crippen molar-refractivity contribution in [3.63, 3.8) is 0 Å². The molecule has 0 amide bonds. The van der Waals surface area contributed by atoms with Gasteiger partial charge in [-0.15, -0.1) is 5.10 Å². The van der Waals surface area contributed by atoms with E-state index in [9.17, 15) is 13.2 Å². The summed E-state index contributed by atoms with van der Waals surface area (Å²) < 4.78 is 37.2. The van der Waals surface area contributed by atoms with Crippen LogP contribution in [0.25, 0.3) is 0 Å². The quantitative estimate of drug-likeness (QED) is 0.830. The molecule has 1 aliphatic rings. The van der Waals surface area contributed by atoms with Gasteiger partial charge in [0.1, 0.15) is 0 Å². The molecule has 102 valence electrons. The second kappa shape index (κ2) is 5.92. The molecule has 0 unspecified atom stereocenters. The molecule has 8 heteroatoms. The summed E-state index contributed by atoms with van der Waals surface area (Å²) in [6.07, 6.45) is 4.26. The Morgan fingerprint density at radius 1 is 1.44 bits per heavy atom. The molecule has 0 bridgehead atoms. The van der Waals surface area contributed by atoms with E-state index in [0.29, 0.717) is 6.54 Å². The molecule has 2 rings (SSSR count). The number of nitrogens with one attached hydrogen (secondary N) is 1. The zero-order valence-corrected chi connectivity index (χ0v) is 10.6. The summed E-state index contributed by atoms with van der Waals surface area (Å²) in [7, 11) is 0. The van der Waals surface area contributed by atoms with E-state index >= 15 is 0 Å². The third-order valence-corrected chi connectivity index (χ3v) is 3.32. The van der Waals surface area contributed by atoms with E-state index in [0.717, 1.165) is 18.2 Å². The summed E-state index contributed by atoms with van der Waals surface area (Å²) in [5.74, 6) is 0.755. The fourth-order valence-corrected chi connectivity index (χ4v) is 2.02. The predicted molar refractivity (Wildman–Crippen MR) is 63.0 cm³/mol. The lowest BCUT2D eigenvalue weighted by molar-refractivity contribution is -0.0328. The van der Waals surface area contributed by atoms with E-state index in [4.69, 9.17) is 0 Å². The third-order valence-electron chi connectivity index (χ3n) is 2.61. The van der Waals surface area contributed by atoms with Crippen molar-refractivity contribution < 1.29 is 13.2 Å². The van der Waals surface area contributed by atoms with Gasteiger partial charge >= 0.3 is 5.51 Å². The first-order chi connectivity index (χ1) is 8.53. The van der Waals surface area contributed by atoms with E-state index < -0.39 is 5.51 Å². The van der Waals surface area contributed by atoms with Crippen LogP contribution in [0.2, 0.25) is 0 Å². The van der Waals surface area contributed by atoms with Crippen molar-refractivity contribution in [2.24, 2.45) is 5.92 Å². The normalized spacial score (nSPS) is 16.2. The molecule has 1 N–H and O–H groups in total. The molecule has 4 nitrogen and oxygen atoms in total. The van der Waals surface area contributed by atoms with E-state index in [-0.39, 0.29) is 24.1 Å². The minimum absolute atomic E-state index is 0.0365. The molecule has 0 aliphatic heterocycles. The molecule has 1 aliphatic carbocycles. The fraction of sp³-hybridized carbons (Fsp3) is 0.800. The van der Waals surface area contributed by atoms with Crippen LogP contribution in [0.15, 0.2) is 6.20 Å². The molecule has 1 aromatic heterocycles. The third kappa shape index (κ3) is 5.26. The summed E-state index contributed by atoms with van der Waals surface area (Å²) in [6.45, 7) is 1.83. The Kier molecular flexibility index (Phi) is 4.50. The van der Waals surface area contributed by atoms with Gasteiger partial charge in [-0.2, -0.15) is 13.2 Å². The number of aromatic nitrogens is 3. The van der Waals surface area contributed by atoms with E-state index in [1.807, 2.05) is 0 Å². The summed E-state index contributed by atoms with van der Waals surface area (Å²) >= 11 is -0.0365. The molecule has 0 atom stereocenters. The Morgan fingerprint density at radius 2 is 2.22 bits per heavy atom. The molecular formula is C10H15F3N4S. The highest BCUT2D eigenvalue weighted by Crippen LogP contribution is 2.30. The molecule has 1 fully saturated rings. The van der Waals surface area contributed by atoms with Gasteiger partial charge in [-0.05, 0) is 37.1 Å². The van der Waals surface area contributed by atoms with Gasteiger partial charge in [0, 0.05) is 18.5 Å². The number of alkyl halides is 3. The predicted octanol–water partition coefficient (Wildman–Crippen LogP) is 2.03. The molecular weight excluding hydrogens is 265 g/mol. The fourth-order valence-electron chi connectivity index (χ4n) is 1.51. The summed E-state index contributed by atoms with van der Waals surface area (Å²) in [5.41, 5.74) is -3.40. The summed E-state index contributed by atoms with van der Waals surface area (Å²) in [6, 6.07) is 0. The van der Waals surface area contributed by atoms with Crippen molar-refractivity contribution >= 4 is 11.8 Å². The SMILES string of the molecule is FC(F)(F)SCCn1cc(CNCC2CC2)nn1. The molecule has 0 radical (unpaired) electrons. The Hall–Kier alpha value is -0.760. The Balaban J connectivity index is 1.65. The average Bonchev–Trinajstić information content (AvgIpc) is 2.97. The van der Waals surface area contributed by atoms with Crippen LogP contribution in [0.5, 0.6) is 0 Å². The number of hydrogen-bond acceptors (Lipinski definition) is 4. The first kappa shape index (κ1) is 13.7. The summed E-state index contributed by atoms with van der Waals surface area (Å²) in [4.78, 5) is 0. The van der Waals surface area contributed by atoms with Crippen LogP contribution < -0.4 is 5.32 Å². The molecule has 0 aromatic carbocycles. The number of halogens is 3. The van der Waals surface area contributed by atoms with Crippen molar-refractivity contribution in [2.45, 2.75) is 31.4 Å². The zero-order valence-electron chi connectivity index (χ0n) is 9.78. The van der Waals surface area contributed by atoms with E-state index in [1.54, 1.807) is 6.20 Å². The van der Waals surface area contributed by atoms with Gasteiger partial charge in [-0.25, -0.2) is 0 Å². The Labute approximate surface area is 107 Å². The standard InChI is InChI=1S/C10H15F3N4S/c11-10(12,13)18-4-3-17-7-9(15-16-17)6-14-5-8-1-2-8/h7-8,14H,1-6H2. The first-order valence-electron chi connectivity index (χ1n) is 5.83. The minimum atomic E-state index is -4.17. The molecule has 18 heavy (non-hydrogen) atoms. The molecule has 1 heterocycles. The Bertz CT molecular complexity index is 375. The van der Waals surface area contributed by atoms with Gasteiger partial charge < -0.3 is 5.32 Å². The first-order valence-corrected chi connectivity index (χ1v) is 6.82. The van der Waals surface area contributed by atoms with Crippen molar-refractivity contribution in [3.05, 3.63) is 11.9 Å². The highest BCUT2D eigenvalue weighted by Gasteiger charge is 2.27. The summed E-state index contributed by atoms with van der Waals surface area (Å²) in [5, 5.41) is 11.0. The number of rotatable bonds is 7. The van der Waals surface area contributed by atoms with E-state index in [2.05, 4.69) is 15.6 Å². The maximum atomic E-state index is 11.9. The lowest BCUT2D eigenvalue weighted by atomic mass is 10.4. The smallest absolute Gasteiger partial charge is 0.311 e. The highest BCUT2D eigenvalue weighted by atomic mass is 32.2. The molecule has 1 saturated carbocycles. The van der Waals surface area contributed by atoms with Crippen LogP contribution in [0.3, 0.4) is 0 Å². The van der Waals surface area contributed by atoms with Crippen molar-refractivity contribution in [1.29, 1.82) is 0 Å². The van der Waals surface area contributed by atoms with E-state index in [1.165, 1.54) is 17.5 Å². The van der Waals surface area contributed by atoms with Gasteiger partial charge in [0.05, 0.1) is 12.2 Å². The zero-order chi connectivity index (χ0) is 13.0. The van der Waals surface area contributed by atoms with Gasteiger partial charge in [0.25, 0.3) is 0 Å². The number of hydrogen-bond donors (Lipinski definition) is 1. The lowest BCUT2D eigenvalue weighted by Crippen LogP contribution is -2.16. The minimum Gasteiger partial charge on any atom is -0.311 e. The van der Waals surface area contributed by atoms with Gasteiger partial charge in [0.15, 0.2) is 0 Å². The largest absolute Gasteiger partial charge is 0.441 e. The van der Waals surface area contributed by atoms with Crippen LogP contribution in [-0.4, -0.2) is 32.8 Å². The van der Waals surface area contributed by atoms with Gasteiger partial charge in [0.2, 0.25) is 0 Å². The molecule has 0 spiro atoms. The van der Waals surface area contributed by atoms with Gasteiger partial charge in [-0.1, -0.05) is 5.21 Å². The maximum absolute atomic E-state index is 11.9. The highest BCUT2D eigenvalue weighted by molar-refractivity contribution is 8.00. The van der Waals surface area contributed by atoms with Crippen LogP contribution in [0.1, 0.15) is 18.5 Å². The van der Waals surface area contributed by atoms with Crippen molar-refractivity contribution in [3.8, 4) is 0 Å².